The number of phenolic OH excluding ortho intramolecular Hbond substituents is 3. The molecule has 0 aliphatic rings. The summed E-state index contributed by atoms with van der Waals surface area (Å²) in [5.74, 6) is 0.924. The van der Waals surface area contributed by atoms with E-state index < -0.39 is 5.41 Å². The van der Waals surface area contributed by atoms with Gasteiger partial charge in [0.15, 0.2) is 0 Å². The van der Waals surface area contributed by atoms with E-state index in [0.717, 1.165) is 22.3 Å². The first-order chi connectivity index (χ1) is 16.2. The van der Waals surface area contributed by atoms with Crippen molar-refractivity contribution in [2.24, 2.45) is 5.92 Å². The molecule has 0 bridgehead atoms. The van der Waals surface area contributed by atoms with Crippen LogP contribution in [-0.4, -0.2) is 15.3 Å². The Morgan fingerprint density at radius 2 is 0.676 bits per heavy atom. The van der Waals surface area contributed by atoms with Crippen molar-refractivity contribution in [3.8, 4) is 17.2 Å². The molecule has 174 valence electrons. The summed E-state index contributed by atoms with van der Waals surface area (Å²) < 4.78 is 0. The molecule has 3 nitrogen and oxygen atoms in total. The second kappa shape index (κ2) is 8.90. The second-order valence-corrected chi connectivity index (χ2v) is 9.81. The molecule has 0 fully saturated rings. The predicted molar refractivity (Wildman–Crippen MR) is 138 cm³/mol. The summed E-state index contributed by atoms with van der Waals surface area (Å²) in [6.07, 6.45) is 0. The van der Waals surface area contributed by atoms with Gasteiger partial charge in [-0.05, 0) is 70.1 Å². The quantitative estimate of drug-likeness (QED) is 0.273. The highest BCUT2D eigenvalue weighted by Crippen LogP contribution is 2.46. The highest BCUT2D eigenvalue weighted by atomic mass is 16.3. The van der Waals surface area contributed by atoms with Crippen LogP contribution in [0.5, 0.6) is 17.2 Å². The van der Waals surface area contributed by atoms with Crippen LogP contribution in [0.1, 0.15) is 55.5 Å². The van der Waals surface area contributed by atoms with E-state index in [2.05, 4.69) is 52.0 Å². The van der Waals surface area contributed by atoms with E-state index in [9.17, 15) is 15.3 Å². The summed E-state index contributed by atoms with van der Waals surface area (Å²) in [5, 5.41) is 29.6. The normalized spacial score (nSPS) is 12.1. The van der Waals surface area contributed by atoms with Crippen LogP contribution in [0.4, 0.5) is 0 Å². The Balaban J connectivity index is 1.87. The van der Waals surface area contributed by atoms with Gasteiger partial charge in [-0.2, -0.15) is 0 Å². The van der Waals surface area contributed by atoms with Gasteiger partial charge in [0, 0.05) is 10.8 Å². The van der Waals surface area contributed by atoms with Gasteiger partial charge in [0.1, 0.15) is 17.2 Å². The summed E-state index contributed by atoms with van der Waals surface area (Å²) >= 11 is 0. The van der Waals surface area contributed by atoms with E-state index in [0.29, 0.717) is 0 Å². The summed E-state index contributed by atoms with van der Waals surface area (Å²) in [6.45, 7) is 8.77. The van der Waals surface area contributed by atoms with Gasteiger partial charge in [-0.15, -0.1) is 0 Å². The molecule has 4 aromatic rings. The van der Waals surface area contributed by atoms with Crippen molar-refractivity contribution in [2.45, 2.75) is 38.5 Å². The molecule has 0 unspecified atom stereocenters. The Morgan fingerprint density at radius 3 is 0.971 bits per heavy atom. The minimum atomic E-state index is -0.470. The lowest BCUT2D eigenvalue weighted by molar-refractivity contribution is 0.433. The van der Waals surface area contributed by atoms with Crippen molar-refractivity contribution in [1.82, 2.24) is 0 Å². The summed E-state index contributed by atoms with van der Waals surface area (Å²) in [4.78, 5) is 0. The molecule has 0 saturated heterocycles. The van der Waals surface area contributed by atoms with Crippen LogP contribution < -0.4 is 0 Å². The smallest absolute Gasteiger partial charge is 0.115 e. The minimum Gasteiger partial charge on any atom is -0.508 e. The fourth-order valence-corrected chi connectivity index (χ4v) is 5.14. The Bertz CT molecular complexity index is 1190. The number of aromatic hydroxyl groups is 3. The lowest BCUT2D eigenvalue weighted by Crippen LogP contribution is -2.35. The molecule has 4 aromatic carbocycles. The van der Waals surface area contributed by atoms with E-state index >= 15 is 0 Å². The van der Waals surface area contributed by atoms with Crippen LogP contribution in [0.2, 0.25) is 0 Å². The van der Waals surface area contributed by atoms with Gasteiger partial charge in [-0.1, -0.05) is 88.4 Å². The molecule has 0 radical (unpaired) electrons. The average molecular weight is 453 g/mol. The highest BCUT2D eigenvalue weighted by molar-refractivity contribution is 5.54. The lowest BCUT2D eigenvalue weighted by Gasteiger charge is -2.40. The third kappa shape index (κ3) is 4.03. The molecule has 0 heterocycles. The Morgan fingerprint density at radius 1 is 0.441 bits per heavy atom. The standard InChI is InChI=1S/C31H32O3/c1-21(2)31(25-11-17-28(33)18-12-25,26-13-19-29(34)20-14-26)24-7-5-22(6-8-24)30(3,4)23-9-15-27(32)16-10-23/h5-21,32-34H,1-4H3. The van der Waals surface area contributed by atoms with E-state index in [1.807, 2.05) is 36.4 Å². The highest BCUT2D eigenvalue weighted by Gasteiger charge is 2.40. The number of hydrogen-bond donors (Lipinski definition) is 3. The average Bonchev–Trinajstić information content (AvgIpc) is 2.82. The molecule has 4 rings (SSSR count). The van der Waals surface area contributed by atoms with Gasteiger partial charge in [-0.3, -0.25) is 0 Å². The van der Waals surface area contributed by atoms with E-state index in [-0.39, 0.29) is 28.6 Å². The Hall–Kier alpha value is -3.72. The number of hydrogen-bond acceptors (Lipinski definition) is 3. The topological polar surface area (TPSA) is 60.7 Å². The Kier molecular flexibility index (Phi) is 6.14. The first-order valence-corrected chi connectivity index (χ1v) is 11.6. The first-order valence-electron chi connectivity index (χ1n) is 11.6. The number of rotatable bonds is 6. The molecule has 0 aliphatic heterocycles. The number of phenols is 3. The van der Waals surface area contributed by atoms with Crippen molar-refractivity contribution in [2.75, 3.05) is 0 Å². The molecule has 0 aromatic heterocycles. The van der Waals surface area contributed by atoms with Crippen LogP contribution in [0.15, 0.2) is 97.1 Å². The van der Waals surface area contributed by atoms with Gasteiger partial charge in [-0.25, -0.2) is 0 Å². The van der Waals surface area contributed by atoms with Crippen molar-refractivity contribution < 1.29 is 15.3 Å². The van der Waals surface area contributed by atoms with Gasteiger partial charge in [0.2, 0.25) is 0 Å². The molecule has 3 heteroatoms. The molecular formula is C31H32O3. The predicted octanol–water partition coefficient (Wildman–Crippen LogP) is 7.12. The van der Waals surface area contributed by atoms with Crippen LogP contribution in [0, 0.1) is 5.92 Å². The molecule has 34 heavy (non-hydrogen) atoms. The van der Waals surface area contributed by atoms with Gasteiger partial charge in [0.05, 0.1) is 0 Å². The fraction of sp³-hybridized carbons (Fsp3) is 0.226. The molecule has 0 aliphatic carbocycles. The molecule has 3 N–H and O–H groups in total. The molecule has 0 amide bonds. The fourth-order valence-electron chi connectivity index (χ4n) is 5.14. The molecule has 0 spiro atoms. The lowest BCUT2D eigenvalue weighted by atomic mass is 9.62. The molecular weight excluding hydrogens is 420 g/mol. The monoisotopic (exact) mass is 452 g/mol. The maximum Gasteiger partial charge on any atom is 0.115 e. The largest absolute Gasteiger partial charge is 0.508 e. The van der Waals surface area contributed by atoms with Crippen molar-refractivity contribution in [3.63, 3.8) is 0 Å². The minimum absolute atomic E-state index is 0.192. The van der Waals surface area contributed by atoms with Gasteiger partial charge >= 0.3 is 0 Å². The SMILES string of the molecule is CC(C)C(c1ccc(O)cc1)(c1ccc(O)cc1)c1ccc(C(C)(C)c2ccc(O)cc2)cc1. The van der Waals surface area contributed by atoms with E-state index in [4.69, 9.17) is 0 Å². The second-order valence-electron chi connectivity index (χ2n) is 9.81. The summed E-state index contributed by atoms with van der Waals surface area (Å²) in [7, 11) is 0. The third-order valence-corrected chi connectivity index (χ3v) is 7.16. The number of benzene rings is 4. The van der Waals surface area contributed by atoms with Crippen molar-refractivity contribution in [3.05, 3.63) is 125 Å². The molecule has 0 atom stereocenters. The van der Waals surface area contributed by atoms with Crippen LogP contribution in [0.25, 0.3) is 0 Å². The maximum absolute atomic E-state index is 9.94. The van der Waals surface area contributed by atoms with E-state index in [1.165, 1.54) is 5.56 Å². The zero-order valence-electron chi connectivity index (χ0n) is 20.2. The first kappa shape index (κ1) is 23.4. The van der Waals surface area contributed by atoms with Crippen LogP contribution in [0.3, 0.4) is 0 Å². The summed E-state index contributed by atoms with van der Waals surface area (Å²) in [6, 6.07) is 31.0. The van der Waals surface area contributed by atoms with Crippen LogP contribution in [-0.2, 0) is 10.8 Å². The van der Waals surface area contributed by atoms with Crippen LogP contribution >= 0.6 is 0 Å². The zero-order chi connectivity index (χ0) is 24.5. The van der Waals surface area contributed by atoms with Gasteiger partial charge in [0.25, 0.3) is 0 Å². The molecule has 0 saturated carbocycles. The summed E-state index contributed by atoms with van der Waals surface area (Å²) in [5.41, 5.74) is 4.91. The van der Waals surface area contributed by atoms with Crippen molar-refractivity contribution >= 4 is 0 Å². The third-order valence-electron chi connectivity index (χ3n) is 7.16. The van der Waals surface area contributed by atoms with Crippen molar-refractivity contribution in [1.29, 1.82) is 0 Å². The Labute approximate surface area is 202 Å². The van der Waals surface area contributed by atoms with Gasteiger partial charge < -0.3 is 15.3 Å². The van der Waals surface area contributed by atoms with E-state index in [1.54, 1.807) is 36.4 Å². The zero-order valence-corrected chi connectivity index (χ0v) is 20.2. The maximum atomic E-state index is 9.94.